The fraction of sp³-hybridized carbons (Fsp3) is 0.929. The summed E-state index contributed by atoms with van der Waals surface area (Å²) in [5.74, 6) is 0.854. The first-order valence-electron chi connectivity index (χ1n) is 7.09. The van der Waals surface area contributed by atoms with E-state index >= 15 is 0 Å². The smallest absolute Gasteiger partial charge is 0.242 e. The van der Waals surface area contributed by atoms with Crippen molar-refractivity contribution in [3.8, 4) is 0 Å². The van der Waals surface area contributed by atoms with Crippen LogP contribution in [0, 0.1) is 5.92 Å². The maximum atomic E-state index is 12.3. The SMILES string of the molecule is CCCC(C)(N)C(=O)N1CCC(CN(C)C)CC1.Cl. The summed E-state index contributed by atoms with van der Waals surface area (Å²) in [5, 5.41) is 0. The summed E-state index contributed by atoms with van der Waals surface area (Å²) in [4.78, 5) is 16.5. The molecule has 0 bridgehead atoms. The molecule has 0 aliphatic carbocycles. The highest BCUT2D eigenvalue weighted by Gasteiger charge is 2.33. The van der Waals surface area contributed by atoms with E-state index in [2.05, 4.69) is 25.9 Å². The molecule has 1 aliphatic rings. The quantitative estimate of drug-likeness (QED) is 0.839. The van der Waals surface area contributed by atoms with Gasteiger partial charge in [-0.3, -0.25) is 4.79 Å². The molecule has 1 unspecified atom stereocenters. The lowest BCUT2D eigenvalue weighted by Crippen LogP contribution is -2.55. The van der Waals surface area contributed by atoms with Crippen LogP contribution in [0.3, 0.4) is 0 Å². The molecule has 19 heavy (non-hydrogen) atoms. The minimum absolute atomic E-state index is 0. The summed E-state index contributed by atoms with van der Waals surface area (Å²) in [6.07, 6.45) is 3.93. The van der Waals surface area contributed by atoms with Gasteiger partial charge in [-0.2, -0.15) is 0 Å². The number of halogens is 1. The molecular formula is C14H30ClN3O. The monoisotopic (exact) mass is 291 g/mol. The number of rotatable bonds is 5. The molecule has 1 atom stereocenters. The molecule has 4 nitrogen and oxygen atoms in total. The number of nitrogens with zero attached hydrogens (tertiary/aromatic N) is 2. The Hall–Kier alpha value is -0.320. The van der Waals surface area contributed by atoms with Crippen molar-refractivity contribution in [2.24, 2.45) is 11.7 Å². The molecule has 0 saturated carbocycles. The van der Waals surface area contributed by atoms with Gasteiger partial charge in [0, 0.05) is 19.6 Å². The molecule has 114 valence electrons. The molecular weight excluding hydrogens is 262 g/mol. The Labute approximate surface area is 124 Å². The predicted molar refractivity (Wildman–Crippen MR) is 82.6 cm³/mol. The van der Waals surface area contributed by atoms with Crippen molar-refractivity contribution >= 4 is 18.3 Å². The van der Waals surface area contributed by atoms with Crippen molar-refractivity contribution in [3.05, 3.63) is 0 Å². The third kappa shape index (κ3) is 5.67. The van der Waals surface area contributed by atoms with Crippen molar-refractivity contribution in [1.82, 2.24) is 9.80 Å². The van der Waals surface area contributed by atoms with Crippen LogP contribution in [0.15, 0.2) is 0 Å². The summed E-state index contributed by atoms with van der Waals surface area (Å²) in [7, 11) is 4.21. The Morgan fingerprint density at radius 2 is 1.89 bits per heavy atom. The summed E-state index contributed by atoms with van der Waals surface area (Å²) < 4.78 is 0. The molecule has 1 aliphatic heterocycles. The van der Waals surface area contributed by atoms with E-state index in [9.17, 15) is 4.79 Å². The third-order valence-corrected chi connectivity index (χ3v) is 3.78. The second-order valence-electron chi connectivity index (χ2n) is 6.17. The molecule has 0 spiro atoms. The zero-order valence-electron chi connectivity index (χ0n) is 12.8. The molecule has 1 saturated heterocycles. The fourth-order valence-electron chi connectivity index (χ4n) is 2.82. The van der Waals surface area contributed by atoms with E-state index in [1.54, 1.807) is 0 Å². The number of hydrogen-bond donors (Lipinski definition) is 1. The zero-order chi connectivity index (χ0) is 13.8. The molecule has 5 heteroatoms. The van der Waals surface area contributed by atoms with Gasteiger partial charge in [0.1, 0.15) is 0 Å². The van der Waals surface area contributed by atoms with Crippen LogP contribution in [0.4, 0.5) is 0 Å². The topological polar surface area (TPSA) is 49.6 Å². The number of nitrogens with two attached hydrogens (primary N) is 1. The normalized spacial score (nSPS) is 20.0. The van der Waals surface area contributed by atoms with Crippen LogP contribution in [0.2, 0.25) is 0 Å². The first-order chi connectivity index (χ1) is 8.36. The Kier molecular flexibility index (Phi) is 7.94. The minimum Gasteiger partial charge on any atom is -0.341 e. The fourth-order valence-corrected chi connectivity index (χ4v) is 2.82. The summed E-state index contributed by atoms with van der Waals surface area (Å²) in [6.45, 7) is 6.80. The van der Waals surface area contributed by atoms with Gasteiger partial charge in [0.05, 0.1) is 5.54 Å². The molecule has 1 fully saturated rings. The lowest BCUT2D eigenvalue weighted by atomic mass is 9.92. The van der Waals surface area contributed by atoms with E-state index in [0.29, 0.717) is 0 Å². The van der Waals surface area contributed by atoms with Crippen molar-refractivity contribution in [2.75, 3.05) is 33.7 Å². The average Bonchev–Trinajstić information content (AvgIpc) is 2.28. The highest BCUT2D eigenvalue weighted by molar-refractivity contribution is 5.86. The van der Waals surface area contributed by atoms with Gasteiger partial charge in [-0.15, -0.1) is 12.4 Å². The number of likely N-dealkylation sites (tertiary alicyclic amines) is 1. The molecule has 0 radical (unpaired) electrons. The number of amides is 1. The number of carbonyl (C=O) groups excluding carboxylic acids is 1. The standard InChI is InChI=1S/C14H29N3O.ClH/c1-5-8-14(2,15)13(18)17-9-6-12(7-10-17)11-16(3)4;/h12H,5-11,15H2,1-4H3;1H. The lowest BCUT2D eigenvalue weighted by molar-refractivity contribution is -0.138. The van der Waals surface area contributed by atoms with Crippen LogP contribution < -0.4 is 5.73 Å². The van der Waals surface area contributed by atoms with Crippen LogP contribution in [-0.2, 0) is 4.79 Å². The largest absolute Gasteiger partial charge is 0.341 e. The Morgan fingerprint density at radius 1 is 1.37 bits per heavy atom. The van der Waals surface area contributed by atoms with E-state index < -0.39 is 5.54 Å². The Balaban J connectivity index is 0.00000324. The van der Waals surface area contributed by atoms with Gasteiger partial charge >= 0.3 is 0 Å². The Bertz CT molecular complexity index is 274. The third-order valence-electron chi connectivity index (χ3n) is 3.78. The van der Waals surface area contributed by atoms with E-state index in [1.165, 1.54) is 0 Å². The second kappa shape index (κ2) is 8.08. The van der Waals surface area contributed by atoms with Gasteiger partial charge in [0.15, 0.2) is 0 Å². The van der Waals surface area contributed by atoms with Gasteiger partial charge < -0.3 is 15.5 Å². The first-order valence-corrected chi connectivity index (χ1v) is 7.09. The van der Waals surface area contributed by atoms with E-state index in [0.717, 1.165) is 51.2 Å². The van der Waals surface area contributed by atoms with Crippen molar-refractivity contribution in [1.29, 1.82) is 0 Å². The molecule has 1 amide bonds. The maximum absolute atomic E-state index is 12.3. The molecule has 0 aromatic heterocycles. The number of carbonyl (C=O) groups is 1. The number of piperidine rings is 1. The van der Waals surface area contributed by atoms with Gasteiger partial charge in [0.25, 0.3) is 0 Å². The van der Waals surface area contributed by atoms with Crippen LogP contribution in [0.25, 0.3) is 0 Å². The van der Waals surface area contributed by atoms with Gasteiger partial charge in [-0.25, -0.2) is 0 Å². The molecule has 0 aromatic carbocycles. The van der Waals surface area contributed by atoms with Crippen molar-refractivity contribution in [3.63, 3.8) is 0 Å². The molecule has 1 heterocycles. The van der Waals surface area contributed by atoms with Crippen LogP contribution >= 0.6 is 12.4 Å². The van der Waals surface area contributed by atoms with Crippen LogP contribution in [-0.4, -0.2) is 55.0 Å². The molecule has 2 N–H and O–H groups in total. The molecule has 1 rings (SSSR count). The summed E-state index contributed by atoms with van der Waals surface area (Å²) in [6, 6.07) is 0. The van der Waals surface area contributed by atoms with Crippen LogP contribution in [0.5, 0.6) is 0 Å². The van der Waals surface area contributed by atoms with E-state index in [-0.39, 0.29) is 18.3 Å². The van der Waals surface area contributed by atoms with Crippen molar-refractivity contribution < 1.29 is 4.79 Å². The number of hydrogen-bond acceptors (Lipinski definition) is 3. The van der Waals surface area contributed by atoms with Gasteiger partial charge in [0.2, 0.25) is 5.91 Å². The molecule has 0 aromatic rings. The average molecular weight is 292 g/mol. The maximum Gasteiger partial charge on any atom is 0.242 e. The highest BCUT2D eigenvalue weighted by atomic mass is 35.5. The summed E-state index contributed by atoms with van der Waals surface area (Å²) in [5.41, 5.74) is 5.44. The van der Waals surface area contributed by atoms with Gasteiger partial charge in [-0.1, -0.05) is 13.3 Å². The highest BCUT2D eigenvalue weighted by Crippen LogP contribution is 2.21. The lowest BCUT2D eigenvalue weighted by Gasteiger charge is -2.37. The van der Waals surface area contributed by atoms with Crippen molar-refractivity contribution in [2.45, 2.75) is 45.1 Å². The minimum atomic E-state index is -0.677. The van der Waals surface area contributed by atoms with Gasteiger partial charge in [-0.05, 0) is 46.2 Å². The van der Waals surface area contributed by atoms with E-state index in [1.807, 2.05) is 11.8 Å². The second-order valence-corrected chi connectivity index (χ2v) is 6.17. The van der Waals surface area contributed by atoms with E-state index in [4.69, 9.17) is 5.73 Å². The summed E-state index contributed by atoms with van der Waals surface area (Å²) >= 11 is 0. The van der Waals surface area contributed by atoms with Crippen LogP contribution in [0.1, 0.15) is 39.5 Å². The first kappa shape index (κ1) is 18.7. The zero-order valence-corrected chi connectivity index (χ0v) is 13.6. The predicted octanol–water partition coefficient (Wildman–Crippen LogP) is 1.73. The Morgan fingerprint density at radius 3 is 2.32 bits per heavy atom.